The predicted octanol–water partition coefficient (Wildman–Crippen LogP) is 4.85. The van der Waals surface area contributed by atoms with Gasteiger partial charge in [0.25, 0.3) is 0 Å². The van der Waals surface area contributed by atoms with Crippen LogP contribution < -0.4 is 5.06 Å². The zero-order chi connectivity index (χ0) is 23.7. The van der Waals surface area contributed by atoms with Gasteiger partial charge in [0, 0.05) is 18.9 Å². The van der Waals surface area contributed by atoms with Crippen LogP contribution in [0.2, 0.25) is 0 Å². The minimum atomic E-state index is -1.14. The highest BCUT2D eigenvalue weighted by Crippen LogP contribution is 2.32. The Balaban J connectivity index is 1.52. The zero-order valence-corrected chi connectivity index (χ0v) is 18.7. The van der Waals surface area contributed by atoms with Gasteiger partial charge in [0.2, 0.25) is 0 Å². The summed E-state index contributed by atoms with van der Waals surface area (Å²) in [5.74, 6) is 0.0896. The lowest BCUT2D eigenvalue weighted by Gasteiger charge is -2.17. The lowest BCUT2D eigenvalue weighted by atomic mass is 9.98. The fourth-order valence-electron chi connectivity index (χ4n) is 4.29. The Kier molecular flexibility index (Phi) is 5.69. The van der Waals surface area contributed by atoms with Crippen molar-refractivity contribution in [1.29, 1.82) is 0 Å². The molecular formula is C27H24N4O3. The highest BCUT2D eigenvalue weighted by Gasteiger charge is 2.15. The van der Waals surface area contributed by atoms with Crippen LogP contribution in [0.1, 0.15) is 11.4 Å². The third kappa shape index (κ3) is 4.21. The maximum Gasteiger partial charge on any atom is 0.325 e. The molecule has 0 spiro atoms. The lowest BCUT2D eigenvalue weighted by molar-refractivity contribution is -0.136. The summed E-state index contributed by atoms with van der Waals surface area (Å²) >= 11 is 0. The lowest BCUT2D eigenvalue weighted by Crippen LogP contribution is -2.26. The highest BCUT2D eigenvalue weighted by atomic mass is 16.5. The molecule has 0 amide bonds. The molecule has 0 saturated carbocycles. The summed E-state index contributed by atoms with van der Waals surface area (Å²) in [5, 5.41) is 20.9. The van der Waals surface area contributed by atoms with Crippen LogP contribution in [-0.2, 0) is 24.7 Å². The molecule has 2 heterocycles. The molecule has 2 aromatic heterocycles. The van der Waals surface area contributed by atoms with E-state index < -0.39 is 12.5 Å². The first-order valence-electron chi connectivity index (χ1n) is 11.1. The Labute approximate surface area is 196 Å². The number of fused-ring (bicyclic) bond motifs is 2. The quantitative estimate of drug-likeness (QED) is 0.343. The molecule has 0 aliphatic heterocycles. The molecule has 2 N–H and O–H groups in total. The number of anilines is 1. The molecule has 0 aliphatic carbocycles. The molecule has 0 saturated heterocycles. The topological polar surface area (TPSA) is 91.5 Å². The Morgan fingerprint density at radius 1 is 0.912 bits per heavy atom. The van der Waals surface area contributed by atoms with Crippen molar-refractivity contribution < 1.29 is 15.1 Å². The van der Waals surface area contributed by atoms with Crippen molar-refractivity contribution >= 4 is 33.7 Å². The van der Waals surface area contributed by atoms with Crippen LogP contribution in [0.15, 0.2) is 78.9 Å². The number of rotatable bonds is 7. The van der Waals surface area contributed by atoms with Crippen molar-refractivity contribution in [3.8, 4) is 11.1 Å². The maximum absolute atomic E-state index is 11.1. The Morgan fingerprint density at radius 3 is 2.44 bits per heavy atom. The predicted molar refractivity (Wildman–Crippen MR) is 132 cm³/mol. The number of aryl methyl sites for hydroxylation is 3. The number of nitrogens with zero attached hydrogens (tertiary/aromatic N) is 4. The van der Waals surface area contributed by atoms with E-state index in [0.717, 1.165) is 51.8 Å². The van der Waals surface area contributed by atoms with Gasteiger partial charge in [-0.25, -0.2) is 15.0 Å². The first-order valence-corrected chi connectivity index (χ1v) is 11.1. The molecule has 0 radical (unpaired) electrons. The summed E-state index contributed by atoms with van der Waals surface area (Å²) in [6.45, 7) is -0.553. The summed E-state index contributed by atoms with van der Waals surface area (Å²) in [6, 6.07) is 25.7. The van der Waals surface area contributed by atoms with Crippen LogP contribution in [0, 0.1) is 0 Å². The Morgan fingerprint density at radius 2 is 1.68 bits per heavy atom. The molecule has 5 rings (SSSR count). The van der Waals surface area contributed by atoms with E-state index in [9.17, 15) is 10.0 Å². The van der Waals surface area contributed by atoms with Crippen molar-refractivity contribution in [1.82, 2.24) is 14.5 Å². The smallest absolute Gasteiger partial charge is 0.325 e. The van der Waals surface area contributed by atoms with Gasteiger partial charge >= 0.3 is 5.97 Å². The molecule has 5 aromatic rings. The van der Waals surface area contributed by atoms with E-state index in [1.165, 1.54) is 0 Å². The fourth-order valence-corrected chi connectivity index (χ4v) is 4.29. The molecular weight excluding hydrogens is 428 g/mol. The number of imidazole rings is 1. The van der Waals surface area contributed by atoms with E-state index in [4.69, 9.17) is 10.1 Å². The SMILES string of the molecule is Cn1c(CCc2ccc3nc(N(O)CC(=O)O)cc(-c4ccccc4)c3c2)nc2ccccc21. The standard InChI is InChI=1S/C27H24N4O3/c1-30-24-10-6-5-9-23(24)29-25(30)14-12-18-11-13-22-21(15-18)20(19-7-3-2-4-8-19)16-26(28-22)31(34)17-27(32)33/h2-11,13,15-16,34H,12,14,17H2,1H3,(H,32,33). The Bertz CT molecular complexity index is 1490. The van der Waals surface area contributed by atoms with E-state index in [2.05, 4.69) is 21.7 Å². The number of benzene rings is 3. The summed E-state index contributed by atoms with van der Waals surface area (Å²) < 4.78 is 2.14. The van der Waals surface area contributed by atoms with Crippen LogP contribution in [-0.4, -0.2) is 37.4 Å². The molecule has 7 heteroatoms. The summed E-state index contributed by atoms with van der Waals surface area (Å²) in [4.78, 5) is 20.4. The first-order chi connectivity index (χ1) is 16.5. The van der Waals surface area contributed by atoms with Gasteiger partial charge in [0.05, 0.1) is 16.6 Å². The average Bonchev–Trinajstić information content (AvgIpc) is 3.17. The second kappa shape index (κ2) is 8.96. The number of aromatic nitrogens is 3. The second-order valence-electron chi connectivity index (χ2n) is 8.27. The molecule has 0 bridgehead atoms. The van der Waals surface area contributed by atoms with Crippen molar-refractivity contribution in [3.63, 3.8) is 0 Å². The molecule has 34 heavy (non-hydrogen) atoms. The zero-order valence-electron chi connectivity index (χ0n) is 18.7. The number of carboxylic acid groups (broad SMARTS) is 1. The van der Waals surface area contributed by atoms with Crippen LogP contribution >= 0.6 is 0 Å². The van der Waals surface area contributed by atoms with Gasteiger partial charge in [-0.2, -0.15) is 0 Å². The third-order valence-electron chi connectivity index (χ3n) is 6.01. The van der Waals surface area contributed by atoms with Crippen LogP contribution in [0.25, 0.3) is 33.1 Å². The maximum atomic E-state index is 11.1. The van der Waals surface area contributed by atoms with Gasteiger partial charge < -0.3 is 9.67 Å². The first kappa shape index (κ1) is 21.6. The third-order valence-corrected chi connectivity index (χ3v) is 6.01. The van der Waals surface area contributed by atoms with Crippen molar-refractivity contribution in [2.75, 3.05) is 11.6 Å². The van der Waals surface area contributed by atoms with Crippen LogP contribution in [0.3, 0.4) is 0 Å². The number of hydrogen-bond acceptors (Lipinski definition) is 5. The van der Waals surface area contributed by atoms with Gasteiger partial charge in [-0.15, -0.1) is 0 Å². The van der Waals surface area contributed by atoms with E-state index >= 15 is 0 Å². The van der Waals surface area contributed by atoms with E-state index in [1.54, 1.807) is 6.07 Å². The largest absolute Gasteiger partial charge is 0.480 e. The highest BCUT2D eigenvalue weighted by molar-refractivity contribution is 5.96. The number of para-hydroxylation sites is 2. The number of hydrogen-bond donors (Lipinski definition) is 2. The van der Waals surface area contributed by atoms with Crippen molar-refractivity contribution in [3.05, 3.63) is 90.3 Å². The molecule has 0 atom stereocenters. The minimum absolute atomic E-state index is 0.196. The summed E-state index contributed by atoms with van der Waals surface area (Å²) in [7, 11) is 2.04. The molecule has 0 unspecified atom stereocenters. The molecule has 0 aliphatic rings. The van der Waals surface area contributed by atoms with Crippen LogP contribution in [0.5, 0.6) is 0 Å². The van der Waals surface area contributed by atoms with E-state index in [0.29, 0.717) is 10.6 Å². The normalized spacial score (nSPS) is 11.2. The number of pyridine rings is 1. The van der Waals surface area contributed by atoms with Gasteiger partial charge in [-0.05, 0) is 53.4 Å². The van der Waals surface area contributed by atoms with E-state index in [-0.39, 0.29) is 5.82 Å². The minimum Gasteiger partial charge on any atom is -0.480 e. The average molecular weight is 453 g/mol. The number of aliphatic carboxylic acids is 1. The van der Waals surface area contributed by atoms with Gasteiger partial charge in [-0.3, -0.25) is 10.0 Å². The van der Waals surface area contributed by atoms with Crippen molar-refractivity contribution in [2.24, 2.45) is 7.05 Å². The van der Waals surface area contributed by atoms with Gasteiger partial charge in [-0.1, -0.05) is 48.5 Å². The molecule has 170 valence electrons. The molecule has 3 aromatic carbocycles. The number of carboxylic acids is 1. The van der Waals surface area contributed by atoms with Gasteiger partial charge in [0.15, 0.2) is 5.82 Å². The number of hydroxylamine groups is 1. The van der Waals surface area contributed by atoms with Crippen LogP contribution in [0.4, 0.5) is 5.82 Å². The number of carbonyl (C=O) groups is 1. The fraction of sp³-hybridized carbons (Fsp3) is 0.148. The second-order valence-corrected chi connectivity index (χ2v) is 8.27. The summed E-state index contributed by atoms with van der Waals surface area (Å²) in [5.41, 5.74) is 5.80. The molecule has 0 fully saturated rings. The monoisotopic (exact) mass is 452 g/mol. The van der Waals surface area contributed by atoms with E-state index in [1.807, 2.05) is 67.7 Å². The molecule has 7 nitrogen and oxygen atoms in total. The Hall–Kier alpha value is -4.23. The van der Waals surface area contributed by atoms with Gasteiger partial charge in [0.1, 0.15) is 12.4 Å². The van der Waals surface area contributed by atoms with Crippen molar-refractivity contribution in [2.45, 2.75) is 12.8 Å². The summed E-state index contributed by atoms with van der Waals surface area (Å²) in [6.07, 6.45) is 1.61.